The summed E-state index contributed by atoms with van der Waals surface area (Å²) in [6.07, 6.45) is 2.85. The van der Waals surface area contributed by atoms with Crippen molar-refractivity contribution in [2.45, 2.75) is 34.1 Å². The number of aromatic nitrogens is 2. The largest absolute Gasteiger partial charge is 0.253 e. The van der Waals surface area contributed by atoms with E-state index in [4.69, 9.17) is 0 Å². The van der Waals surface area contributed by atoms with Crippen LogP contribution >= 0.6 is 0 Å². The van der Waals surface area contributed by atoms with E-state index in [-0.39, 0.29) is 0 Å². The Morgan fingerprint density at radius 1 is 1.13 bits per heavy atom. The number of benzene rings is 1. The summed E-state index contributed by atoms with van der Waals surface area (Å²) in [6.45, 7) is 8.10. The molecule has 0 bridgehead atoms. The summed E-state index contributed by atoms with van der Waals surface area (Å²) in [5.74, 6) is 0. The van der Waals surface area contributed by atoms with E-state index in [2.05, 4.69) is 29.0 Å². The lowest BCUT2D eigenvalue weighted by Crippen LogP contribution is -1.88. The van der Waals surface area contributed by atoms with Crippen molar-refractivity contribution < 1.29 is 0 Å². The number of aryl methyl sites for hydroxylation is 2. The molecule has 0 atom stereocenters. The molecule has 0 aliphatic carbocycles. The van der Waals surface area contributed by atoms with E-state index in [1.54, 1.807) is 0 Å². The van der Waals surface area contributed by atoms with E-state index in [0.717, 1.165) is 23.1 Å². The van der Waals surface area contributed by atoms with E-state index >= 15 is 0 Å². The summed E-state index contributed by atoms with van der Waals surface area (Å²) >= 11 is 0. The molecule has 80 valence electrons. The fraction of sp³-hybridized carbons (Fsp3) is 0.385. The van der Waals surface area contributed by atoms with E-state index in [0.29, 0.717) is 0 Å². The Morgan fingerprint density at radius 2 is 1.87 bits per heavy atom. The molecule has 0 amide bonds. The zero-order chi connectivity index (χ0) is 11.3. The molecule has 0 aliphatic rings. The monoisotopic (exact) mass is 202 g/mol. The number of nitrogens with zero attached hydrogens (tertiary/aromatic N) is 2. The van der Waals surface area contributed by atoms with Gasteiger partial charge in [0, 0.05) is 6.20 Å². The molecule has 0 aliphatic heterocycles. The van der Waals surface area contributed by atoms with Crippen LogP contribution in [0.1, 0.15) is 32.0 Å². The number of hydrogen-bond donors (Lipinski definition) is 0. The van der Waals surface area contributed by atoms with Gasteiger partial charge in [-0.05, 0) is 31.0 Å². The number of rotatable bonds is 1. The maximum Gasteiger partial charge on any atom is 0.0890 e. The lowest BCUT2D eigenvalue weighted by atomic mass is 10.1. The summed E-state index contributed by atoms with van der Waals surface area (Å²) in [7, 11) is 0. The average Bonchev–Trinajstić information content (AvgIpc) is 2.31. The lowest BCUT2D eigenvalue weighted by Gasteiger charge is -2.00. The highest BCUT2D eigenvalue weighted by Crippen LogP contribution is 2.12. The molecule has 0 unspecified atom stereocenters. The van der Waals surface area contributed by atoms with Crippen LogP contribution in [0.2, 0.25) is 0 Å². The first-order valence-corrected chi connectivity index (χ1v) is 5.52. The molecule has 1 aromatic carbocycles. The molecule has 15 heavy (non-hydrogen) atoms. The van der Waals surface area contributed by atoms with Gasteiger partial charge < -0.3 is 0 Å². The maximum atomic E-state index is 4.39. The highest BCUT2D eigenvalue weighted by Gasteiger charge is 1.97. The van der Waals surface area contributed by atoms with E-state index < -0.39 is 0 Å². The molecule has 2 aromatic rings. The summed E-state index contributed by atoms with van der Waals surface area (Å²) in [6, 6.07) is 6.24. The van der Waals surface area contributed by atoms with Crippen LogP contribution in [0.25, 0.3) is 11.0 Å². The predicted octanol–water partition coefficient (Wildman–Crippen LogP) is 3.53. The Hall–Kier alpha value is -1.44. The van der Waals surface area contributed by atoms with Crippen LogP contribution < -0.4 is 0 Å². The fourth-order valence-electron chi connectivity index (χ4n) is 1.37. The molecule has 2 nitrogen and oxygen atoms in total. The minimum Gasteiger partial charge on any atom is -0.253 e. The Balaban J connectivity index is 0.000000531. The van der Waals surface area contributed by atoms with Gasteiger partial charge in [-0.25, -0.2) is 4.98 Å². The van der Waals surface area contributed by atoms with Gasteiger partial charge in [0.05, 0.1) is 16.7 Å². The normalized spacial score (nSPS) is 9.60. The van der Waals surface area contributed by atoms with Gasteiger partial charge in [-0.2, -0.15) is 0 Å². The Bertz CT molecular complexity index is 435. The SMILES string of the molecule is CC.CCc1ccc2nc(C)cnc2c1. The van der Waals surface area contributed by atoms with Crippen LogP contribution in [-0.4, -0.2) is 9.97 Å². The molecule has 0 fully saturated rings. The quantitative estimate of drug-likeness (QED) is 0.707. The third-order valence-electron chi connectivity index (χ3n) is 2.14. The molecule has 0 spiro atoms. The van der Waals surface area contributed by atoms with E-state index in [1.165, 1.54) is 5.56 Å². The minimum absolute atomic E-state index is 0.969. The van der Waals surface area contributed by atoms with Crippen molar-refractivity contribution in [3.63, 3.8) is 0 Å². The second-order valence-electron chi connectivity index (χ2n) is 3.19. The molecule has 0 radical (unpaired) electrons. The van der Waals surface area contributed by atoms with Gasteiger partial charge in [-0.3, -0.25) is 4.98 Å². The minimum atomic E-state index is 0.969. The molecule has 0 saturated heterocycles. The molecular weight excluding hydrogens is 184 g/mol. The van der Waals surface area contributed by atoms with Gasteiger partial charge in [0.2, 0.25) is 0 Å². The third-order valence-corrected chi connectivity index (χ3v) is 2.14. The molecule has 2 rings (SSSR count). The first-order valence-electron chi connectivity index (χ1n) is 5.52. The first-order chi connectivity index (χ1) is 7.29. The number of fused-ring (bicyclic) bond motifs is 1. The van der Waals surface area contributed by atoms with E-state index in [9.17, 15) is 0 Å². The third kappa shape index (κ3) is 2.75. The van der Waals surface area contributed by atoms with Crippen LogP contribution in [0.5, 0.6) is 0 Å². The Kier molecular flexibility index (Phi) is 4.22. The van der Waals surface area contributed by atoms with Crippen molar-refractivity contribution in [1.29, 1.82) is 0 Å². The van der Waals surface area contributed by atoms with Gasteiger partial charge >= 0.3 is 0 Å². The van der Waals surface area contributed by atoms with Crippen LogP contribution in [-0.2, 0) is 6.42 Å². The predicted molar refractivity (Wildman–Crippen MR) is 65.0 cm³/mol. The zero-order valence-electron chi connectivity index (χ0n) is 9.91. The maximum absolute atomic E-state index is 4.39. The summed E-state index contributed by atoms with van der Waals surface area (Å²) < 4.78 is 0. The molecule has 1 heterocycles. The highest BCUT2D eigenvalue weighted by atomic mass is 14.8. The molecule has 1 aromatic heterocycles. The Morgan fingerprint density at radius 3 is 2.53 bits per heavy atom. The van der Waals surface area contributed by atoms with Crippen LogP contribution in [0.15, 0.2) is 24.4 Å². The Labute approximate surface area is 91.4 Å². The fourth-order valence-corrected chi connectivity index (χ4v) is 1.37. The van der Waals surface area contributed by atoms with Gasteiger partial charge in [0.15, 0.2) is 0 Å². The standard InChI is InChI=1S/C11H12N2.C2H6/c1-3-9-4-5-10-11(6-9)12-7-8(2)13-10;1-2/h4-7H,3H2,1-2H3;1-2H3. The lowest BCUT2D eigenvalue weighted by molar-refractivity contribution is 1.13. The van der Waals surface area contributed by atoms with Gasteiger partial charge in [-0.15, -0.1) is 0 Å². The van der Waals surface area contributed by atoms with Crippen LogP contribution in [0.4, 0.5) is 0 Å². The van der Waals surface area contributed by atoms with Gasteiger partial charge in [-0.1, -0.05) is 26.8 Å². The number of hydrogen-bond acceptors (Lipinski definition) is 2. The molecule has 0 saturated carbocycles. The molecular formula is C13H18N2. The smallest absolute Gasteiger partial charge is 0.0890 e. The topological polar surface area (TPSA) is 25.8 Å². The summed E-state index contributed by atoms with van der Waals surface area (Å²) in [5.41, 5.74) is 4.25. The van der Waals surface area contributed by atoms with E-state index in [1.807, 2.05) is 33.0 Å². The van der Waals surface area contributed by atoms with Crippen LogP contribution in [0, 0.1) is 6.92 Å². The summed E-state index contributed by atoms with van der Waals surface area (Å²) in [4.78, 5) is 8.72. The van der Waals surface area contributed by atoms with Crippen molar-refractivity contribution >= 4 is 11.0 Å². The van der Waals surface area contributed by atoms with Crippen molar-refractivity contribution in [3.8, 4) is 0 Å². The van der Waals surface area contributed by atoms with Gasteiger partial charge in [0.1, 0.15) is 0 Å². The zero-order valence-corrected chi connectivity index (χ0v) is 9.91. The van der Waals surface area contributed by atoms with Crippen LogP contribution in [0.3, 0.4) is 0 Å². The molecule has 2 heteroatoms. The van der Waals surface area contributed by atoms with Crippen molar-refractivity contribution in [1.82, 2.24) is 9.97 Å². The van der Waals surface area contributed by atoms with Crippen molar-refractivity contribution in [2.24, 2.45) is 0 Å². The van der Waals surface area contributed by atoms with Crippen molar-refractivity contribution in [2.75, 3.05) is 0 Å². The van der Waals surface area contributed by atoms with Crippen molar-refractivity contribution in [3.05, 3.63) is 35.7 Å². The molecule has 0 N–H and O–H groups in total. The average molecular weight is 202 g/mol. The highest BCUT2D eigenvalue weighted by molar-refractivity contribution is 5.74. The van der Waals surface area contributed by atoms with Gasteiger partial charge in [0.25, 0.3) is 0 Å². The second-order valence-corrected chi connectivity index (χ2v) is 3.19. The first kappa shape index (κ1) is 11.6. The second kappa shape index (κ2) is 5.44. The summed E-state index contributed by atoms with van der Waals surface area (Å²) in [5, 5.41) is 0.